The summed E-state index contributed by atoms with van der Waals surface area (Å²) in [6.07, 6.45) is 0. The molecule has 0 aromatic heterocycles. The number of hydrogen-bond donors (Lipinski definition) is 1. The summed E-state index contributed by atoms with van der Waals surface area (Å²) in [6.45, 7) is 2.01. The fraction of sp³-hybridized carbons (Fsp3) is 0.200. The van der Waals surface area contributed by atoms with E-state index in [4.69, 9.17) is 4.74 Å². The van der Waals surface area contributed by atoms with Crippen LogP contribution in [0.25, 0.3) is 0 Å². The summed E-state index contributed by atoms with van der Waals surface area (Å²) in [5.41, 5.74) is 2.27. The van der Waals surface area contributed by atoms with Crippen molar-refractivity contribution in [3.8, 4) is 11.5 Å². The number of fused-ring (bicyclic) bond motifs is 2. The van der Waals surface area contributed by atoms with E-state index in [1.807, 2.05) is 12.1 Å². The van der Waals surface area contributed by atoms with Crippen molar-refractivity contribution in [3.05, 3.63) is 45.3 Å². The minimum atomic E-state index is 0.485. The predicted octanol–water partition coefficient (Wildman–Crippen LogP) is 4.43. The van der Waals surface area contributed by atoms with Gasteiger partial charge in [-0.05, 0) is 36.4 Å². The Bertz CT molecular complexity index is 634. The van der Waals surface area contributed by atoms with Gasteiger partial charge in [-0.3, -0.25) is 0 Å². The van der Waals surface area contributed by atoms with E-state index >= 15 is 0 Å². The van der Waals surface area contributed by atoms with E-state index in [2.05, 4.69) is 66.3 Å². The molecule has 0 bridgehead atoms. The normalized spacial score (nSPS) is 17.0. The van der Waals surface area contributed by atoms with E-state index in [9.17, 15) is 0 Å². The third-order valence-electron chi connectivity index (χ3n) is 3.71. The lowest BCUT2D eigenvalue weighted by atomic mass is 10.1. The molecule has 1 fully saturated rings. The summed E-state index contributed by atoms with van der Waals surface area (Å²) in [4.78, 5) is 2.38. The first kappa shape index (κ1) is 12.7. The van der Waals surface area contributed by atoms with Gasteiger partial charge in [0.05, 0.1) is 17.4 Å². The Hall–Kier alpha value is -1.04. The van der Waals surface area contributed by atoms with Crippen LogP contribution in [0, 0.1) is 0 Å². The van der Waals surface area contributed by atoms with Crippen LogP contribution in [0.5, 0.6) is 11.5 Å². The molecule has 2 aliphatic rings. The molecule has 0 unspecified atom stereocenters. The third-order valence-corrected chi connectivity index (χ3v) is 4.69. The Morgan fingerprint density at radius 2 is 1.50 bits per heavy atom. The highest BCUT2D eigenvalue weighted by molar-refractivity contribution is 9.10. The van der Waals surface area contributed by atoms with E-state index in [-0.39, 0.29) is 0 Å². The van der Waals surface area contributed by atoms with Crippen molar-refractivity contribution >= 4 is 43.2 Å². The van der Waals surface area contributed by atoms with E-state index in [0.717, 1.165) is 44.9 Å². The van der Waals surface area contributed by atoms with Crippen LogP contribution in [0.2, 0.25) is 0 Å². The van der Waals surface area contributed by atoms with Crippen molar-refractivity contribution in [1.82, 2.24) is 5.32 Å². The van der Waals surface area contributed by atoms with Gasteiger partial charge in [-0.2, -0.15) is 0 Å². The van der Waals surface area contributed by atoms with Crippen LogP contribution in [-0.2, 0) is 0 Å². The molecule has 5 heteroatoms. The van der Waals surface area contributed by atoms with Crippen LogP contribution in [-0.4, -0.2) is 19.1 Å². The van der Waals surface area contributed by atoms with Crippen LogP contribution in [0.1, 0.15) is 0 Å². The first-order chi connectivity index (χ1) is 9.72. The lowest BCUT2D eigenvalue weighted by Gasteiger charge is -2.43. The van der Waals surface area contributed by atoms with E-state index in [0.29, 0.717) is 6.04 Å². The average molecular weight is 396 g/mol. The maximum Gasteiger partial charge on any atom is 0.152 e. The highest BCUT2D eigenvalue weighted by Crippen LogP contribution is 2.49. The van der Waals surface area contributed by atoms with Gasteiger partial charge in [0.1, 0.15) is 0 Å². The van der Waals surface area contributed by atoms with Crippen molar-refractivity contribution in [3.63, 3.8) is 0 Å². The monoisotopic (exact) mass is 394 g/mol. The Kier molecular flexibility index (Phi) is 3.02. The summed E-state index contributed by atoms with van der Waals surface area (Å²) in [6, 6.07) is 12.9. The van der Waals surface area contributed by atoms with Crippen LogP contribution in [0.3, 0.4) is 0 Å². The van der Waals surface area contributed by atoms with E-state index in [1.165, 1.54) is 0 Å². The Labute approximate surface area is 134 Å². The second kappa shape index (κ2) is 4.76. The molecule has 1 saturated heterocycles. The average Bonchev–Trinajstić information content (AvgIpc) is 2.35. The summed E-state index contributed by atoms with van der Waals surface area (Å²) >= 11 is 7.03. The van der Waals surface area contributed by atoms with Crippen molar-refractivity contribution in [2.24, 2.45) is 0 Å². The molecule has 0 spiro atoms. The zero-order valence-corrected chi connectivity index (χ0v) is 13.7. The molecule has 102 valence electrons. The van der Waals surface area contributed by atoms with E-state index < -0.39 is 0 Å². The smallest absolute Gasteiger partial charge is 0.152 e. The molecule has 0 radical (unpaired) electrons. The minimum Gasteiger partial charge on any atom is -0.453 e. The molecule has 0 amide bonds. The summed E-state index contributed by atoms with van der Waals surface area (Å²) in [5.74, 6) is 1.80. The molecule has 2 aromatic rings. The van der Waals surface area contributed by atoms with Crippen LogP contribution in [0.4, 0.5) is 11.4 Å². The number of rotatable bonds is 1. The molecule has 0 saturated carbocycles. The summed E-state index contributed by atoms with van der Waals surface area (Å²) in [7, 11) is 0. The molecular weight excluding hydrogens is 384 g/mol. The van der Waals surface area contributed by atoms with Gasteiger partial charge in [0.25, 0.3) is 0 Å². The molecule has 4 rings (SSSR count). The molecule has 20 heavy (non-hydrogen) atoms. The van der Waals surface area contributed by atoms with E-state index in [1.54, 1.807) is 0 Å². The summed E-state index contributed by atoms with van der Waals surface area (Å²) < 4.78 is 8.12. The fourth-order valence-corrected chi connectivity index (χ4v) is 3.32. The van der Waals surface area contributed by atoms with Crippen LogP contribution >= 0.6 is 31.9 Å². The van der Waals surface area contributed by atoms with Crippen LogP contribution in [0.15, 0.2) is 45.3 Å². The third kappa shape index (κ3) is 1.96. The minimum absolute atomic E-state index is 0.485. The largest absolute Gasteiger partial charge is 0.453 e. The van der Waals surface area contributed by atoms with Gasteiger partial charge in [0.15, 0.2) is 11.5 Å². The highest BCUT2D eigenvalue weighted by atomic mass is 79.9. The first-order valence-corrected chi connectivity index (χ1v) is 8.08. The SMILES string of the molecule is Brc1ccc2c(c1)Oc1cc(Br)ccc1N2C1CNC1. The zero-order valence-electron chi connectivity index (χ0n) is 10.6. The molecule has 0 aliphatic carbocycles. The van der Waals surface area contributed by atoms with Gasteiger partial charge in [-0.25, -0.2) is 0 Å². The standard InChI is InChI=1S/C15H12Br2N2O/c16-9-1-3-12-14(5-9)20-15-6-10(17)2-4-13(15)19(12)11-7-18-8-11/h1-6,11,18H,7-8H2. The molecular formula is C15H12Br2N2O. The molecule has 2 aliphatic heterocycles. The van der Waals surface area contributed by atoms with Crippen molar-refractivity contribution in [2.75, 3.05) is 18.0 Å². The molecule has 0 atom stereocenters. The fourth-order valence-electron chi connectivity index (χ4n) is 2.64. The number of nitrogens with zero attached hydrogens (tertiary/aromatic N) is 1. The van der Waals surface area contributed by atoms with Gasteiger partial charge in [-0.1, -0.05) is 31.9 Å². The molecule has 2 aromatic carbocycles. The molecule has 1 N–H and O–H groups in total. The first-order valence-electron chi connectivity index (χ1n) is 6.49. The Morgan fingerprint density at radius 3 is 1.95 bits per heavy atom. The topological polar surface area (TPSA) is 24.5 Å². The lowest BCUT2D eigenvalue weighted by molar-refractivity contribution is 0.414. The second-order valence-electron chi connectivity index (χ2n) is 5.01. The zero-order chi connectivity index (χ0) is 13.7. The van der Waals surface area contributed by atoms with Gasteiger partial charge in [-0.15, -0.1) is 0 Å². The van der Waals surface area contributed by atoms with Gasteiger partial charge in [0.2, 0.25) is 0 Å². The Morgan fingerprint density at radius 1 is 0.950 bits per heavy atom. The number of anilines is 2. The number of halogens is 2. The van der Waals surface area contributed by atoms with Gasteiger partial charge in [0, 0.05) is 22.0 Å². The van der Waals surface area contributed by atoms with Gasteiger partial charge < -0.3 is 15.0 Å². The number of nitrogens with one attached hydrogen (secondary N) is 1. The van der Waals surface area contributed by atoms with Gasteiger partial charge >= 0.3 is 0 Å². The molecule has 2 heterocycles. The summed E-state index contributed by atoms with van der Waals surface area (Å²) in [5, 5.41) is 3.34. The lowest BCUT2D eigenvalue weighted by Crippen LogP contribution is -2.56. The Balaban J connectivity index is 1.89. The van der Waals surface area contributed by atoms with Crippen LogP contribution < -0.4 is 15.0 Å². The number of hydrogen-bond acceptors (Lipinski definition) is 3. The molecule has 3 nitrogen and oxygen atoms in total. The predicted molar refractivity (Wildman–Crippen MR) is 87.2 cm³/mol. The number of ether oxygens (including phenoxy) is 1. The quantitative estimate of drug-likeness (QED) is 0.773. The van der Waals surface area contributed by atoms with Crippen molar-refractivity contribution in [1.29, 1.82) is 0 Å². The highest BCUT2D eigenvalue weighted by Gasteiger charge is 2.33. The van der Waals surface area contributed by atoms with Crippen molar-refractivity contribution < 1.29 is 4.74 Å². The second-order valence-corrected chi connectivity index (χ2v) is 6.84. The number of benzene rings is 2. The maximum absolute atomic E-state index is 6.07. The maximum atomic E-state index is 6.07. The van der Waals surface area contributed by atoms with Crippen molar-refractivity contribution in [2.45, 2.75) is 6.04 Å².